The van der Waals surface area contributed by atoms with Crippen LogP contribution in [0.5, 0.6) is 0 Å². The molecule has 4 N–H and O–H groups in total. The highest BCUT2D eigenvalue weighted by Gasteiger charge is 2.35. The average molecular weight is 316 g/mol. The second kappa shape index (κ2) is 4.56. The highest BCUT2D eigenvalue weighted by molar-refractivity contribution is 9.10. The summed E-state index contributed by atoms with van der Waals surface area (Å²) in [5, 5.41) is 0. The summed E-state index contributed by atoms with van der Waals surface area (Å²) in [6, 6.07) is 2.38. The minimum atomic E-state index is -0.557. The molecule has 5 nitrogen and oxygen atoms in total. The Morgan fingerprint density at radius 3 is 2.72 bits per heavy atom. The second-order valence-corrected chi connectivity index (χ2v) is 4.98. The zero-order valence-corrected chi connectivity index (χ0v) is 10.9. The molecule has 0 saturated carbocycles. The molecule has 96 valence electrons. The van der Waals surface area contributed by atoms with E-state index in [4.69, 9.17) is 11.5 Å². The maximum atomic E-state index is 13.3. The SMILES string of the molecule is NC(=O)C1CC(=O)N(c2cc(F)cc(Br)c2N)C1. The first-order chi connectivity index (χ1) is 8.40. The molecule has 1 aromatic carbocycles. The lowest BCUT2D eigenvalue weighted by Crippen LogP contribution is -2.29. The Morgan fingerprint density at radius 1 is 1.50 bits per heavy atom. The van der Waals surface area contributed by atoms with Gasteiger partial charge in [-0.1, -0.05) is 0 Å². The van der Waals surface area contributed by atoms with E-state index in [1.807, 2.05) is 0 Å². The lowest BCUT2D eigenvalue weighted by atomic mass is 10.1. The summed E-state index contributed by atoms with van der Waals surface area (Å²) in [5.41, 5.74) is 11.5. The normalized spacial score (nSPS) is 19.3. The number of amides is 2. The summed E-state index contributed by atoms with van der Waals surface area (Å²) in [7, 11) is 0. The molecule has 1 fully saturated rings. The Bertz CT molecular complexity index is 535. The summed E-state index contributed by atoms with van der Waals surface area (Å²) in [5.74, 6) is -1.90. The van der Waals surface area contributed by atoms with E-state index in [0.29, 0.717) is 4.47 Å². The first-order valence-electron chi connectivity index (χ1n) is 5.24. The molecule has 18 heavy (non-hydrogen) atoms. The van der Waals surface area contributed by atoms with Gasteiger partial charge in [0, 0.05) is 17.4 Å². The van der Waals surface area contributed by atoms with Crippen LogP contribution in [0.15, 0.2) is 16.6 Å². The average Bonchev–Trinajstić information content (AvgIpc) is 2.66. The number of hydrogen-bond acceptors (Lipinski definition) is 3. The molecule has 1 atom stereocenters. The zero-order valence-electron chi connectivity index (χ0n) is 9.32. The van der Waals surface area contributed by atoms with Gasteiger partial charge in [-0.2, -0.15) is 0 Å². The lowest BCUT2D eigenvalue weighted by Gasteiger charge is -2.19. The molecular weight excluding hydrogens is 305 g/mol. The Balaban J connectivity index is 2.38. The first kappa shape index (κ1) is 12.8. The molecule has 0 aliphatic carbocycles. The van der Waals surface area contributed by atoms with Crippen molar-refractivity contribution in [3.05, 3.63) is 22.4 Å². The van der Waals surface area contributed by atoms with Crippen molar-refractivity contribution in [2.45, 2.75) is 6.42 Å². The number of carbonyl (C=O) groups excluding carboxylic acids is 2. The van der Waals surface area contributed by atoms with Crippen LogP contribution in [0.1, 0.15) is 6.42 Å². The minimum absolute atomic E-state index is 0.0307. The fourth-order valence-corrected chi connectivity index (χ4v) is 2.35. The standard InChI is InChI=1S/C11H11BrFN3O2/c12-7-2-6(13)3-8(10(7)14)16-4-5(11(15)18)1-9(16)17/h2-3,5H,1,4,14H2,(H2,15,18). The van der Waals surface area contributed by atoms with Crippen molar-refractivity contribution >= 4 is 39.1 Å². The molecule has 1 aliphatic heterocycles. The van der Waals surface area contributed by atoms with Crippen LogP contribution in [0.2, 0.25) is 0 Å². The third-order valence-corrected chi connectivity index (χ3v) is 3.55. The van der Waals surface area contributed by atoms with E-state index in [0.717, 1.165) is 0 Å². The van der Waals surface area contributed by atoms with Crippen LogP contribution in [0, 0.1) is 11.7 Å². The number of hydrogen-bond donors (Lipinski definition) is 2. The molecule has 2 rings (SSSR count). The number of halogens is 2. The fraction of sp³-hybridized carbons (Fsp3) is 0.273. The number of anilines is 2. The van der Waals surface area contributed by atoms with E-state index in [1.54, 1.807) is 0 Å². The Hall–Kier alpha value is -1.63. The third kappa shape index (κ3) is 2.17. The van der Waals surface area contributed by atoms with Crippen LogP contribution in [-0.2, 0) is 9.59 Å². The van der Waals surface area contributed by atoms with E-state index in [9.17, 15) is 14.0 Å². The Morgan fingerprint density at radius 2 is 2.17 bits per heavy atom. The van der Waals surface area contributed by atoms with Gasteiger partial charge in [-0.3, -0.25) is 9.59 Å². The summed E-state index contributed by atoms with van der Waals surface area (Å²) < 4.78 is 13.7. The van der Waals surface area contributed by atoms with Gasteiger partial charge in [0.25, 0.3) is 0 Å². The van der Waals surface area contributed by atoms with Crippen molar-refractivity contribution in [2.24, 2.45) is 11.7 Å². The van der Waals surface area contributed by atoms with Crippen molar-refractivity contribution < 1.29 is 14.0 Å². The second-order valence-electron chi connectivity index (χ2n) is 4.13. The molecule has 0 radical (unpaired) electrons. The van der Waals surface area contributed by atoms with Crippen LogP contribution >= 0.6 is 15.9 Å². The van der Waals surface area contributed by atoms with Crippen LogP contribution in [-0.4, -0.2) is 18.4 Å². The summed E-state index contributed by atoms with van der Waals surface area (Å²) >= 11 is 3.11. The summed E-state index contributed by atoms with van der Waals surface area (Å²) in [6.45, 7) is 0.133. The van der Waals surface area contributed by atoms with Crippen molar-refractivity contribution in [2.75, 3.05) is 17.2 Å². The van der Waals surface area contributed by atoms with Gasteiger partial charge in [0.2, 0.25) is 11.8 Å². The maximum Gasteiger partial charge on any atom is 0.227 e. The molecule has 1 heterocycles. The molecule has 1 unspecified atom stereocenters. The highest BCUT2D eigenvalue weighted by atomic mass is 79.9. The zero-order chi connectivity index (χ0) is 13.4. The van der Waals surface area contributed by atoms with Crippen molar-refractivity contribution in [3.63, 3.8) is 0 Å². The number of rotatable bonds is 2. The number of nitrogens with two attached hydrogens (primary N) is 2. The van der Waals surface area contributed by atoms with Gasteiger partial charge in [-0.15, -0.1) is 0 Å². The van der Waals surface area contributed by atoms with Gasteiger partial charge < -0.3 is 16.4 Å². The van der Waals surface area contributed by atoms with Crippen molar-refractivity contribution in [3.8, 4) is 0 Å². The van der Waals surface area contributed by atoms with Crippen molar-refractivity contribution in [1.82, 2.24) is 0 Å². The van der Waals surface area contributed by atoms with E-state index < -0.39 is 17.6 Å². The molecule has 1 aliphatic rings. The monoisotopic (exact) mass is 315 g/mol. The quantitative estimate of drug-likeness (QED) is 0.798. The summed E-state index contributed by atoms with van der Waals surface area (Å²) in [6.07, 6.45) is 0.0307. The predicted molar refractivity (Wildman–Crippen MR) is 68.2 cm³/mol. The predicted octanol–water partition coefficient (Wildman–Crippen LogP) is 1.01. The van der Waals surface area contributed by atoms with Gasteiger partial charge >= 0.3 is 0 Å². The van der Waals surface area contributed by atoms with Gasteiger partial charge in [0.1, 0.15) is 5.82 Å². The van der Waals surface area contributed by atoms with Gasteiger partial charge in [-0.05, 0) is 28.1 Å². The van der Waals surface area contributed by atoms with Gasteiger partial charge in [0.05, 0.1) is 17.3 Å². The molecule has 0 bridgehead atoms. The molecule has 1 saturated heterocycles. The fourth-order valence-electron chi connectivity index (χ4n) is 1.93. The lowest BCUT2D eigenvalue weighted by molar-refractivity contribution is -0.123. The molecule has 0 aromatic heterocycles. The molecular formula is C11H11BrFN3O2. The minimum Gasteiger partial charge on any atom is -0.396 e. The van der Waals surface area contributed by atoms with E-state index in [2.05, 4.69) is 15.9 Å². The Labute approximate surface area is 111 Å². The topological polar surface area (TPSA) is 89.4 Å². The molecule has 0 spiro atoms. The Kier molecular flexibility index (Phi) is 3.25. The molecule has 7 heteroatoms. The number of primary amides is 1. The summed E-state index contributed by atoms with van der Waals surface area (Å²) in [4.78, 5) is 24.2. The largest absolute Gasteiger partial charge is 0.396 e. The van der Waals surface area contributed by atoms with E-state index >= 15 is 0 Å². The number of nitrogen functional groups attached to an aromatic ring is 1. The van der Waals surface area contributed by atoms with Crippen molar-refractivity contribution in [1.29, 1.82) is 0 Å². The van der Waals surface area contributed by atoms with Crippen LogP contribution in [0.3, 0.4) is 0 Å². The van der Waals surface area contributed by atoms with Crippen LogP contribution in [0.25, 0.3) is 0 Å². The van der Waals surface area contributed by atoms with E-state index in [1.165, 1.54) is 17.0 Å². The number of benzene rings is 1. The number of nitrogens with zero attached hydrogens (tertiary/aromatic N) is 1. The molecule has 2 amide bonds. The van der Waals surface area contributed by atoms with Gasteiger partial charge in [0.15, 0.2) is 0 Å². The smallest absolute Gasteiger partial charge is 0.227 e. The van der Waals surface area contributed by atoms with Crippen LogP contribution < -0.4 is 16.4 Å². The van der Waals surface area contributed by atoms with Crippen LogP contribution in [0.4, 0.5) is 15.8 Å². The van der Waals surface area contributed by atoms with E-state index in [-0.39, 0.29) is 30.2 Å². The third-order valence-electron chi connectivity index (χ3n) is 2.89. The highest BCUT2D eigenvalue weighted by Crippen LogP contribution is 2.35. The number of carbonyl (C=O) groups is 2. The molecule has 1 aromatic rings. The maximum absolute atomic E-state index is 13.3. The van der Waals surface area contributed by atoms with Gasteiger partial charge in [-0.25, -0.2) is 4.39 Å². The first-order valence-corrected chi connectivity index (χ1v) is 6.03.